The molecule has 0 saturated heterocycles. The number of esters is 1. The van der Waals surface area contributed by atoms with Gasteiger partial charge in [-0.25, -0.2) is 4.79 Å². The molecule has 0 aliphatic carbocycles. The first-order chi connectivity index (χ1) is 11.2. The van der Waals surface area contributed by atoms with Crippen LogP contribution in [0.1, 0.15) is 39.2 Å². The van der Waals surface area contributed by atoms with Crippen molar-refractivity contribution in [1.82, 2.24) is 5.32 Å². The van der Waals surface area contributed by atoms with Gasteiger partial charge in [-0.15, -0.1) is 0 Å². The van der Waals surface area contributed by atoms with E-state index in [1.165, 1.54) is 0 Å². The molecule has 0 aliphatic heterocycles. The highest BCUT2D eigenvalue weighted by Crippen LogP contribution is 2.09. The standard InChI is InChI=1S/C17H23NO6/c1-17(2,3)24-16(22)18-13(9-14(19)20)10-15(21)23-11-12-7-5-4-6-8-12/h4-8,13H,9-11H2,1-3H3,(H,18,22)(H,19,20)/p-1/t13-/m1/s1. The minimum atomic E-state index is -1.38. The van der Waals surface area contributed by atoms with Crippen LogP contribution in [0.25, 0.3) is 0 Å². The van der Waals surface area contributed by atoms with Crippen LogP contribution >= 0.6 is 0 Å². The molecule has 7 heteroatoms. The van der Waals surface area contributed by atoms with E-state index < -0.39 is 36.1 Å². The summed E-state index contributed by atoms with van der Waals surface area (Å²) in [5.41, 5.74) is 0.0756. The van der Waals surface area contributed by atoms with Gasteiger partial charge in [0.15, 0.2) is 0 Å². The molecule has 0 unspecified atom stereocenters. The molecule has 0 aromatic heterocycles. The van der Waals surface area contributed by atoms with Crippen LogP contribution < -0.4 is 10.4 Å². The number of carboxylic acid groups (broad SMARTS) is 1. The average Bonchev–Trinajstić information content (AvgIpc) is 2.43. The van der Waals surface area contributed by atoms with E-state index in [0.29, 0.717) is 0 Å². The van der Waals surface area contributed by atoms with Crippen LogP contribution in [0, 0.1) is 0 Å². The van der Waals surface area contributed by atoms with E-state index in [9.17, 15) is 19.5 Å². The monoisotopic (exact) mass is 336 g/mol. The number of benzene rings is 1. The van der Waals surface area contributed by atoms with Crippen molar-refractivity contribution >= 4 is 18.0 Å². The predicted octanol–water partition coefficient (Wildman–Crippen LogP) is 1.15. The zero-order chi connectivity index (χ0) is 18.2. The van der Waals surface area contributed by atoms with Gasteiger partial charge < -0.3 is 24.7 Å². The maximum absolute atomic E-state index is 11.8. The highest BCUT2D eigenvalue weighted by Gasteiger charge is 2.22. The molecule has 1 rings (SSSR count). The molecule has 0 bridgehead atoms. The van der Waals surface area contributed by atoms with Gasteiger partial charge in [0.05, 0.1) is 6.42 Å². The number of aliphatic carboxylic acids is 1. The van der Waals surface area contributed by atoms with E-state index >= 15 is 0 Å². The first-order valence-electron chi connectivity index (χ1n) is 7.54. The Morgan fingerprint density at radius 3 is 2.29 bits per heavy atom. The maximum Gasteiger partial charge on any atom is 0.407 e. The summed E-state index contributed by atoms with van der Waals surface area (Å²) in [5, 5.41) is 13.1. The Morgan fingerprint density at radius 1 is 1.12 bits per heavy atom. The zero-order valence-electron chi connectivity index (χ0n) is 14.0. The smallest absolute Gasteiger partial charge is 0.407 e. The fraction of sp³-hybridized carbons (Fsp3) is 0.471. The third-order valence-corrected chi connectivity index (χ3v) is 2.79. The van der Waals surface area contributed by atoms with Gasteiger partial charge in [0, 0.05) is 18.4 Å². The van der Waals surface area contributed by atoms with Crippen molar-refractivity contribution in [3.8, 4) is 0 Å². The first-order valence-corrected chi connectivity index (χ1v) is 7.54. The third-order valence-electron chi connectivity index (χ3n) is 2.79. The lowest BCUT2D eigenvalue weighted by atomic mass is 10.1. The third kappa shape index (κ3) is 8.77. The minimum Gasteiger partial charge on any atom is -0.550 e. The molecule has 0 saturated carbocycles. The van der Waals surface area contributed by atoms with Crippen LogP contribution in [0.2, 0.25) is 0 Å². The first kappa shape index (κ1) is 19.5. The van der Waals surface area contributed by atoms with Crippen LogP contribution in [-0.2, 0) is 25.7 Å². The van der Waals surface area contributed by atoms with E-state index in [2.05, 4.69) is 5.32 Å². The number of carbonyl (C=O) groups is 3. The number of carbonyl (C=O) groups excluding carboxylic acids is 3. The summed E-state index contributed by atoms with van der Waals surface area (Å²) >= 11 is 0. The quantitative estimate of drug-likeness (QED) is 0.749. The number of hydrogen-bond acceptors (Lipinski definition) is 6. The molecule has 1 aromatic carbocycles. The molecule has 0 spiro atoms. The SMILES string of the molecule is CC(C)(C)OC(=O)N[C@H](CC(=O)[O-])CC(=O)OCc1ccccc1. The molecule has 0 aliphatic rings. The summed E-state index contributed by atoms with van der Waals surface area (Å²) in [6.45, 7) is 5.10. The number of alkyl carbamates (subject to hydrolysis) is 1. The Hall–Kier alpha value is -2.57. The van der Waals surface area contributed by atoms with Crippen molar-refractivity contribution in [2.45, 2.75) is 51.9 Å². The Balaban J connectivity index is 2.53. The van der Waals surface area contributed by atoms with Gasteiger partial charge in [-0.1, -0.05) is 30.3 Å². The maximum atomic E-state index is 11.8. The number of carboxylic acids is 1. The number of rotatable bonds is 7. The normalized spacial score (nSPS) is 12.1. The van der Waals surface area contributed by atoms with Crippen molar-refractivity contribution in [2.75, 3.05) is 0 Å². The molecular formula is C17H22NO6-. The Kier molecular flexibility index (Phi) is 7.23. The molecule has 24 heavy (non-hydrogen) atoms. The molecule has 0 fully saturated rings. The fourth-order valence-electron chi connectivity index (χ4n) is 1.85. The molecule has 0 heterocycles. The summed E-state index contributed by atoms with van der Waals surface area (Å²) in [6.07, 6.45) is -1.61. The lowest BCUT2D eigenvalue weighted by Gasteiger charge is -2.23. The summed E-state index contributed by atoms with van der Waals surface area (Å²) in [4.78, 5) is 34.3. The van der Waals surface area contributed by atoms with Crippen molar-refractivity contribution in [1.29, 1.82) is 0 Å². The van der Waals surface area contributed by atoms with Crippen LogP contribution in [0.3, 0.4) is 0 Å². The second-order valence-electron chi connectivity index (χ2n) is 6.27. The van der Waals surface area contributed by atoms with Gasteiger partial charge >= 0.3 is 12.1 Å². The van der Waals surface area contributed by atoms with Gasteiger partial charge in [0.2, 0.25) is 0 Å². The van der Waals surface area contributed by atoms with Crippen molar-refractivity contribution in [3.05, 3.63) is 35.9 Å². The van der Waals surface area contributed by atoms with Gasteiger partial charge in [-0.05, 0) is 26.3 Å². The average molecular weight is 336 g/mol. The second-order valence-corrected chi connectivity index (χ2v) is 6.27. The van der Waals surface area contributed by atoms with Crippen LogP contribution in [0.4, 0.5) is 4.79 Å². The number of amides is 1. The topological polar surface area (TPSA) is 105 Å². The van der Waals surface area contributed by atoms with Crippen LogP contribution in [0.15, 0.2) is 30.3 Å². The second kappa shape index (κ2) is 8.90. The van der Waals surface area contributed by atoms with E-state index in [1.54, 1.807) is 32.9 Å². The molecule has 7 nitrogen and oxygen atoms in total. The predicted molar refractivity (Wildman–Crippen MR) is 83.6 cm³/mol. The van der Waals surface area contributed by atoms with E-state index in [-0.39, 0.29) is 13.0 Å². The van der Waals surface area contributed by atoms with Crippen molar-refractivity contribution < 1.29 is 29.0 Å². The molecular weight excluding hydrogens is 314 g/mol. The summed E-state index contributed by atoms with van der Waals surface area (Å²) in [5.74, 6) is -2.01. The fourth-order valence-corrected chi connectivity index (χ4v) is 1.85. The molecule has 1 amide bonds. The highest BCUT2D eigenvalue weighted by atomic mass is 16.6. The summed E-state index contributed by atoms with van der Waals surface area (Å²) in [7, 11) is 0. The zero-order valence-corrected chi connectivity index (χ0v) is 14.0. The largest absolute Gasteiger partial charge is 0.550 e. The van der Waals surface area contributed by atoms with E-state index in [0.717, 1.165) is 5.56 Å². The number of ether oxygens (including phenoxy) is 2. The molecule has 132 valence electrons. The lowest BCUT2D eigenvalue weighted by Crippen LogP contribution is -2.43. The number of hydrogen-bond donors (Lipinski definition) is 1. The lowest BCUT2D eigenvalue weighted by molar-refractivity contribution is -0.306. The molecule has 1 aromatic rings. The molecule has 1 atom stereocenters. The van der Waals surface area contributed by atoms with Crippen LogP contribution in [-0.4, -0.2) is 29.7 Å². The molecule has 0 radical (unpaired) electrons. The minimum absolute atomic E-state index is 0.0736. The summed E-state index contributed by atoms with van der Waals surface area (Å²) in [6, 6.07) is 8.09. The number of nitrogens with one attached hydrogen (secondary N) is 1. The Morgan fingerprint density at radius 2 is 1.75 bits per heavy atom. The van der Waals surface area contributed by atoms with Gasteiger partial charge in [0.1, 0.15) is 12.2 Å². The van der Waals surface area contributed by atoms with Gasteiger partial charge in [-0.3, -0.25) is 4.79 Å². The van der Waals surface area contributed by atoms with Crippen molar-refractivity contribution in [2.24, 2.45) is 0 Å². The van der Waals surface area contributed by atoms with E-state index in [1.807, 2.05) is 18.2 Å². The van der Waals surface area contributed by atoms with Gasteiger partial charge in [-0.2, -0.15) is 0 Å². The highest BCUT2D eigenvalue weighted by molar-refractivity contribution is 5.75. The van der Waals surface area contributed by atoms with E-state index in [4.69, 9.17) is 9.47 Å². The van der Waals surface area contributed by atoms with Crippen molar-refractivity contribution in [3.63, 3.8) is 0 Å². The Bertz CT molecular complexity index is 564. The Labute approximate surface area is 141 Å². The van der Waals surface area contributed by atoms with Gasteiger partial charge in [0.25, 0.3) is 0 Å². The van der Waals surface area contributed by atoms with Crippen LogP contribution in [0.5, 0.6) is 0 Å². The summed E-state index contributed by atoms with van der Waals surface area (Å²) < 4.78 is 10.1. The molecule has 1 N–H and O–H groups in total.